The fourth-order valence-corrected chi connectivity index (χ4v) is 3.86. The maximum Gasteiger partial charge on any atom is 0.319 e. The molecule has 1 saturated carbocycles. The summed E-state index contributed by atoms with van der Waals surface area (Å²) in [5.74, 6) is 0.841. The van der Waals surface area contributed by atoms with Crippen LogP contribution < -0.4 is 20.7 Å². The molecule has 0 spiro atoms. The number of anilines is 2. The number of rotatable bonds is 4. The highest BCUT2D eigenvalue weighted by Gasteiger charge is 2.35. The van der Waals surface area contributed by atoms with Crippen molar-refractivity contribution in [2.24, 2.45) is 5.92 Å². The number of ether oxygens (including phenoxy) is 1. The Morgan fingerprint density at radius 2 is 2.23 bits per heavy atom. The molecule has 2 heterocycles. The molecular weight excluding hydrogens is 352 g/mol. The Morgan fingerprint density at radius 1 is 1.42 bits per heavy atom. The van der Waals surface area contributed by atoms with Crippen molar-refractivity contribution < 1.29 is 14.3 Å². The van der Waals surface area contributed by atoms with Crippen LogP contribution in [0.1, 0.15) is 36.5 Å². The summed E-state index contributed by atoms with van der Waals surface area (Å²) in [6.45, 7) is 3.64. The zero-order valence-electron chi connectivity index (χ0n) is 14.5. The van der Waals surface area contributed by atoms with E-state index < -0.39 is 6.10 Å². The van der Waals surface area contributed by atoms with Crippen LogP contribution in [0.15, 0.2) is 23.6 Å². The molecule has 0 radical (unpaired) electrons. The summed E-state index contributed by atoms with van der Waals surface area (Å²) in [7, 11) is 0. The van der Waals surface area contributed by atoms with Gasteiger partial charge in [-0.1, -0.05) is 0 Å². The minimum absolute atomic E-state index is 0.0600. The number of amides is 3. The molecule has 1 aromatic heterocycles. The Hall–Kier alpha value is -2.61. The third-order valence-corrected chi connectivity index (χ3v) is 5.50. The van der Waals surface area contributed by atoms with Crippen LogP contribution in [0, 0.1) is 12.8 Å². The second-order valence-electron chi connectivity index (χ2n) is 6.70. The lowest BCUT2D eigenvalue weighted by Gasteiger charge is -2.24. The number of fused-ring (bicyclic) bond motifs is 1. The molecule has 0 bridgehead atoms. The molecular formula is C18H20N4O3S. The van der Waals surface area contributed by atoms with E-state index in [-0.39, 0.29) is 18.0 Å². The van der Waals surface area contributed by atoms with Gasteiger partial charge in [0.05, 0.1) is 11.7 Å². The number of aryl methyl sites for hydroxylation is 1. The Labute approximate surface area is 155 Å². The molecule has 1 aliphatic carbocycles. The number of urea groups is 1. The third kappa shape index (κ3) is 3.50. The van der Waals surface area contributed by atoms with Gasteiger partial charge in [-0.2, -0.15) is 0 Å². The lowest BCUT2D eigenvalue weighted by Crippen LogP contribution is -2.35. The number of thiazole rings is 1. The van der Waals surface area contributed by atoms with Crippen molar-refractivity contribution in [3.8, 4) is 5.75 Å². The first kappa shape index (κ1) is 16.8. The standard InChI is InChI=1S/C18H20N4O3S/c1-9-8-26-17(19-9)15(11-3-4-11)22-18(24)20-12-5-6-14-13(7-12)21-16(23)10(2)25-14/h5-8,10-11,15H,3-4H2,1-2H3,(H,21,23)(H2,20,22,24). The monoisotopic (exact) mass is 372 g/mol. The number of aromatic nitrogens is 1. The van der Waals surface area contributed by atoms with E-state index in [1.165, 1.54) is 0 Å². The molecule has 2 unspecified atom stereocenters. The van der Waals surface area contributed by atoms with E-state index in [9.17, 15) is 9.59 Å². The molecule has 8 heteroatoms. The second kappa shape index (κ2) is 6.60. The largest absolute Gasteiger partial charge is 0.479 e. The number of nitrogens with one attached hydrogen (secondary N) is 3. The quantitative estimate of drug-likeness (QED) is 0.766. The molecule has 136 valence electrons. The first-order valence-corrected chi connectivity index (χ1v) is 9.48. The molecule has 3 amide bonds. The highest BCUT2D eigenvalue weighted by atomic mass is 32.1. The Kier molecular flexibility index (Phi) is 4.28. The maximum atomic E-state index is 12.5. The molecule has 1 fully saturated rings. The van der Waals surface area contributed by atoms with Crippen molar-refractivity contribution in [3.05, 3.63) is 34.3 Å². The molecule has 2 aliphatic rings. The topological polar surface area (TPSA) is 92.4 Å². The van der Waals surface area contributed by atoms with E-state index in [1.54, 1.807) is 36.5 Å². The molecule has 3 N–H and O–H groups in total. The first-order valence-electron chi connectivity index (χ1n) is 8.61. The van der Waals surface area contributed by atoms with E-state index in [2.05, 4.69) is 20.9 Å². The van der Waals surface area contributed by atoms with Gasteiger partial charge >= 0.3 is 6.03 Å². The van der Waals surface area contributed by atoms with Gasteiger partial charge < -0.3 is 20.7 Å². The number of benzene rings is 1. The van der Waals surface area contributed by atoms with E-state index in [0.29, 0.717) is 23.0 Å². The number of hydrogen-bond acceptors (Lipinski definition) is 5. The molecule has 2 atom stereocenters. The van der Waals surface area contributed by atoms with Crippen molar-refractivity contribution in [1.29, 1.82) is 0 Å². The minimum Gasteiger partial charge on any atom is -0.479 e. The second-order valence-corrected chi connectivity index (χ2v) is 7.59. The van der Waals surface area contributed by atoms with Gasteiger partial charge in [-0.25, -0.2) is 9.78 Å². The zero-order chi connectivity index (χ0) is 18.3. The Morgan fingerprint density at radius 3 is 2.92 bits per heavy atom. The number of carbonyl (C=O) groups excluding carboxylic acids is 2. The van der Waals surface area contributed by atoms with Gasteiger partial charge in [0.2, 0.25) is 0 Å². The van der Waals surface area contributed by atoms with Crippen LogP contribution in [-0.4, -0.2) is 23.0 Å². The van der Waals surface area contributed by atoms with Gasteiger partial charge in [-0.3, -0.25) is 4.79 Å². The van der Waals surface area contributed by atoms with E-state index in [4.69, 9.17) is 4.74 Å². The lowest BCUT2D eigenvalue weighted by atomic mass is 10.2. The summed E-state index contributed by atoms with van der Waals surface area (Å²) in [5, 5.41) is 11.6. The predicted octanol–water partition coefficient (Wildman–Crippen LogP) is 3.44. The molecule has 26 heavy (non-hydrogen) atoms. The normalized spacial score (nSPS) is 19.8. The number of hydrogen-bond donors (Lipinski definition) is 3. The number of carbonyl (C=O) groups is 2. The fourth-order valence-electron chi connectivity index (χ4n) is 2.92. The van der Waals surface area contributed by atoms with Crippen LogP contribution in [0.4, 0.5) is 16.2 Å². The Balaban J connectivity index is 1.44. The van der Waals surface area contributed by atoms with E-state index >= 15 is 0 Å². The van der Waals surface area contributed by atoms with Crippen molar-refractivity contribution >= 4 is 34.6 Å². The maximum absolute atomic E-state index is 12.5. The smallest absolute Gasteiger partial charge is 0.319 e. The molecule has 0 saturated heterocycles. The summed E-state index contributed by atoms with van der Waals surface area (Å²) in [5.41, 5.74) is 2.11. The fraction of sp³-hybridized carbons (Fsp3) is 0.389. The van der Waals surface area contributed by atoms with Crippen molar-refractivity contribution in [1.82, 2.24) is 10.3 Å². The van der Waals surface area contributed by atoms with Gasteiger partial charge in [0.15, 0.2) is 6.10 Å². The van der Waals surface area contributed by atoms with Crippen LogP contribution in [-0.2, 0) is 4.79 Å². The van der Waals surface area contributed by atoms with Gasteiger partial charge in [0, 0.05) is 16.8 Å². The lowest BCUT2D eigenvalue weighted by molar-refractivity contribution is -0.122. The van der Waals surface area contributed by atoms with Gasteiger partial charge in [-0.15, -0.1) is 11.3 Å². The van der Waals surface area contributed by atoms with Crippen LogP contribution in [0.25, 0.3) is 0 Å². The van der Waals surface area contributed by atoms with E-state index in [0.717, 1.165) is 23.5 Å². The Bertz CT molecular complexity index is 862. The molecule has 1 aromatic carbocycles. The van der Waals surface area contributed by atoms with Crippen molar-refractivity contribution in [3.63, 3.8) is 0 Å². The summed E-state index contributed by atoms with van der Waals surface area (Å²) < 4.78 is 5.52. The number of nitrogens with zero attached hydrogens (tertiary/aromatic N) is 1. The van der Waals surface area contributed by atoms with Crippen LogP contribution in [0.2, 0.25) is 0 Å². The highest BCUT2D eigenvalue weighted by molar-refractivity contribution is 7.09. The summed E-state index contributed by atoms with van der Waals surface area (Å²) in [6.07, 6.45) is 1.68. The van der Waals surface area contributed by atoms with E-state index in [1.807, 2.05) is 12.3 Å². The molecule has 7 nitrogen and oxygen atoms in total. The SMILES string of the molecule is Cc1csc(C(NC(=O)Nc2ccc3c(c2)NC(=O)C(C)O3)C2CC2)n1. The van der Waals surface area contributed by atoms with Gasteiger partial charge in [0.1, 0.15) is 10.8 Å². The van der Waals surface area contributed by atoms with Crippen LogP contribution in [0.3, 0.4) is 0 Å². The van der Waals surface area contributed by atoms with Crippen LogP contribution in [0.5, 0.6) is 5.75 Å². The zero-order valence-corrected chi connectivity index (χ0v) is 15.4. The van der Waals surface area contributed by atoms with Gasteiger partial charge in [-0.05, 0) is 50.8 Å². The molecule has 1 aliphatic heterocycles. The van der Waals surface area contributed by atoms with Gasteiger partial charge in [0.25, 0.3) is 5.91 Å². The summed E-state index contributed by atoms with van der Waals surface area (Å²) in [4.78, 5) is 28.7. The first-order chi connectivity index (χ1) is 12.5. The van der Waals surface area contributed by atoms with Crippen molar-refractivity contribution in [2.75, 3.05) is 10.6 Å². The van der Waals surface area contributed by atoms with Crippen molar-refractivity contribution in [2.45, 2.75) is 38.8 Å². The third-order valence-electron chi connectivity index (χ3n) is 4.45. The average Bonchev–Trinajstić information content (AvgIpc) is 3.35. The summed E-state index contributed by atoms with van der Waals surface area (Å²) >= 11 is 1.58. The highest BCUT2D eigenvalue weighted by Crippen LogP contribution is 2.42. The van der Waals surface area contributed by atoms with Crippen LogP contribution >= 0.6 is 11.3 Å². The average molecular weight is 372 g/mol. The predicted molar refractivity (Wildman–Crippen MR) is 99.6 cm³/mol. The molecule has 2 aromatic rings. The molecule has 4 rings (SSSR count). The summed E-state index contributed by atoms with van der Waals surface area (Å²) in [6, 6.07) is 4.84. The minimum atomic E-state index is -0.523.